The number of nitro groups is 1. The monoisotopic (exact) mass is 306 g/mol. The molecule has 0 spiro atoms. The number of fused-ring (bicyclic) bond motifs is 1. The second-order valence-electron chi connectivity index (χ2n) is 5.77. The molecule has 1 amide bonds. The van der Waals surface area contributed by atoms with Gasteiger partial charge in [0.15, 0.2) is 11.5 Å². The Bertz CT molecular complexity index is 616. The Balaban J connectivity index is 1.97. The lowest BCUT2D eigenvalue weighted by molar-refractivity contribution is -0.385. The topological polar surface area (TPSA) is 81.9 Å². The Morgan fingerprint density at radius 2 is 2.00 bits per heavy atom. The van der Waals surface area contributed by atoms with Gasteiger partial charge in [-0.25, -0.2) is 0 Å². The summed E-state index contributed by atoms with van der Waals surface area (Å²) in [5, 5.41) is 11.3. The number of hydrogen-bond acceptors (Lipinski definition) is 5. The first-order chi connectivity index (χ1) is 10.6. The molecule has 0 saturated carbocycles. The number of likely N-dealkylation sites (tertiary alicyclic amines) is 1. The van der Waals surface area contributed by atoms with Crippen molar-refractivity contribution < 1.29 is 19.2 Å². The van der Waals surface area contributed by atoms with Gasteiger partial charge in [-0.3, -0.25) is 14.9 Å². The highest BCUT2D eigenvalue weighted by Gasteiger charge is 2.30. The van der Waals surface area contributed by atoms with E-state index in [0.29, 0.717) is 43.7 Å². The van der Waals surface area contributed by atoms with Crippen LogP contribution in [0.3, 0.4) is 0 Å². The van der Waals surface area contributed by atoms with E-state index < -0.39 is 4.92 Å². The molecule has 0 aliphatic carbocycles. The molecule has 1 fully saturated rings. The zero-order valence-electron chi connectivity index (χ0n) is 12.4. The summed E-state index contributed by atoms with van der Waals surface area (Å²) >= 11 is 0. The van der Waals surface area contributed by atoms with Crippen LogP contribution in [0.4, 0.5) is 5.69 Å². The van der Waals surface area contributed by atoms with E-state index in [9.17, 15) is 14.9 Å². The molecule has 1 aromatic carbocycles. The van der Waals surface area contributed by atoms with Crippen LogP contribution in [0.15, 0.2) is 12.1 Å². The molecule has 1 aromatic rings. The zero-order valence-corrected chi connectivity index (χ0v) is 12.4. The van der Waals surface area contributed by atoms with Crippen LogP contribution in [-0.4, -0.2) is 42.0 Å². The van der Waals surface area contributed by atoms with E-state index in [-0.39, 0.29) is 17.2 Å². The van der Waals surface area contributed by atoms with Gasteiger partial charge in [0.05, 0.1) is 11.0 Å². The van der Waals surface area contributed by atoms with Crippen molar-refractivity contribution in [3.05, 3.63) is 27.8 Å². The molecule has 2 aliphatic rings. The van der Waals surface area contributed by atoms with Gasteiger partial charge in [0, 0.05) is 19.2 Å². The molecular formula is C15H18N2O5. The first-order valence-electron chi connectivity index (χ1n) is 7.43. The highest BCUT2D eigenvalue weighted by atomic mass is 16.6. The van der Waals surface area contributed by atoms with E-state index in [1.165, 1.54) is 12.1 Å². The Kier molecular flexibility index (Phi) is 3.87. The summed E-state index contributed by atoms with van der Waals surface area (Å²) in [5.74, 6) is 0.816. The van der Waals surface area contributed by atoms with Gasteiger partial charge in [0.1, 0.15) is 18.8 Å². The smallest absolute Gasteiger partial charge is 0.286 e. The van der Waals surface area contributed by atoms with Crippen molar-refractivity contribution in [1.82, 2.24) is 4.90 Å². The van der Waals surface area contributed by atoms with Crippen molar-refractivity contribution in [2.75, 3.05) is 26.3 Å². The van der Waals surface area contributed by atoms with Crippen LogP contribution in [0, 0.1) is 16.0 Å². The molecule has 0 N–H and O–H groups in total. The SMILES string of the molecule is CC1CCCN(C(=O)c2cc3c(cc2[N+](=O)[O-])OCCO3)C1. The maximum absolute atomic E-state index is 12.7. The van der Waals surface area contributed by atoms with Gasteiger partial charge in [0.2, 0.25) is 0 Å². The van der Waals surface area contributed by atoms with Crippen LogP contribution in [0.5, 0.6) is 11.5 Å². The normalized spacial score (nSPS) is 20.6. The molecule has 0 bridgehead atoms. The third-order valence-electron chi connectivity index (χ3n) is 4.03. The quantitative estimate of drug-likeness (QED) is 0.618. The number of hydrogen-bond donors (Lipinski definition) is 0. The van der Waals surface area contributed by atoms with E-state index >= 15 is 0 Å². The van der Waals surface area contributed by atoms with Crippen LogP contribution in [0.25, 0.3) is 0 Å². The van der Waals surface area contributed by atoms with Crippen LogP contribution in [-0.2, 0) is 0 Å². The number of carbonyl (C=O) groups excluding carboxylic acids is 1. The van der Waals surface area contributed by atoms with E-state index in [4.69, 9.17) is 9.47 Å². The Morgan fingerprint density at radius 1 is 1.32 bits per heavy atom. The van der Waals surface area contributed by atoms with E-state index in [1.807, 2.05) is 0 Å². The second-order valence-corrected chi connectivity index (χ2v) is 5.77. The number of amides is 1. The fraction of sp³-hybridized carbons (Fsp3) is 0.533. The summed E-state index contributed by atoms with van der Waals surface area (Å²) in [5.41, 5.74) is -0.157. The molecule has 7 nitrogen and oxygen atoms in total. The third-order valence-corrected chi connectivity index (χ3v) is 4.03. The van der Waals surface area contributed by atoms with Gasteiger partial charge in [-0.1, -0.05) is 6.92 Å². The minimum Gasteiger partial charge on any atom is -0.486 e. The van der Waals surface area contributed by atoms with Crippen molar-refractivity contribution in [2.45, 2.75) is 19.8 Å². The van der Waals surface area contributed by atoms with Crippen molar-refractivity contribution in [1.29, 1.82) is 0 Å². The molecule has 1 atom stereocenters. The van der Waals surface area contributed by atoms with Crippen molar-refractivity contribution in [3.8, 4) is 11.5 Å². The zero-order chi connectivity index (χ0) is 15.7. The van der Waals surface area contributed by atoms with Gasteiger partial charge >= 0.3 is 0 Å². The summed E-state index contributed by atoms with van der Waals surface area (Å²) in [4.78, 5) is 25.1. The second kappa shape index (κ2) is 5.82. The number of rotatable bonds is 2. The van der Waals surface area contributed by atoms with E-state index in [1.54, 1.807) is 4.90 Å². The standard InChI is InChI=1S/C15H18N2O5/c1-10-3-2-4-16(9-10)15(18)11-7-13-14(22-6-5-21-13)8-12(11)17(19)20/h7-8,10H,2-6,9H2,1H3. The van der Waals surface area contributed by atoms with E-state index in [2.05, 4.69) is 6.92 Å². The highest BCUT2D eigenvalue weighted by molar-refractivity contribution is 5.99. The largest absolute Gasteiger partial charge is 0.486 e. The first-order valence-corrected chi connectivity index (χ1v) is 7.43. The van der Waals surface area contributed by atoms with Gasteiger partial charge in [-0.2, -0.15) is 0 Å². The third kappa shape index (κ3) is 2.70. The van der Waals surface area contributed by atoms with Gasteiger partial charge < -0.3 is 14.4 Å². The van der Waals surface area contributed by atoms with Crippen LogP contribution in [0.2, 0.25) is 0 Å². The maximum atomic E-state index is 12.7. The summed E-state index contributed by atoms with van der Waals surface area (Å²) in [7, 11) is 0. The van der Waals surface area contributed by atoms with Crippen LogP contribution in [0.1, 0.15) is 30.1 Å². The maximum Gasteiger partial charge on any atom is 0.286 e. The Morgan fingerprint density at radius 3 is 2.64 bits per heavy atom. The number of benzene rings is 1. The molecular weight excluding hydrogens is 288 g/mol. The highest BCUT2D eigenvalue weighted by Crippen LogP contribution is 2.37. The predicted octanol–water partition coefficient (Wildman–Crippen LogP) is 2.24. The van der Waals surface area contributed by atoms with Gasteiger partial charge in [0.25, 0.3) is 11.6 Å². The lowest BCUT2D eigenvalue weighted by Gasteiger charge is -2.31. The molecule has 7 heteroatoms. The number of piperidine rings is 1. The fourth-order valence-corrected chi connectivity index (χ4v) is 2.94. The molecule has 0 radical (unpaired) electrons. The summed E-state index contributed by atoms with van der Waals surface area (Å²) in [6.45, 7) is 4.07. The molecule has 0 aromatic heterocycles. The average Bonchev–Trinajstić information content (AvgIpc) is 2.52. The number of nitrogens with zero attached hydrogens (tertiary/aromatic N) is 2. The Hall–Kier alpha value is -2.31. The predicted molar refractivity (Wildman–Crippen MR) is 78.4 cm³/mol. The first kappa shape index (κ1) is 14.6. The summed E-state index contributed by atoms with van der Waals surface area (Å²) in [6, 6.07) is 2.73. The molecule has 2 heterocycles. The number of carbonyl (C=O) groups is 1. The number of nitro benzene ring substituents is 1. The lowest BCUT2D eigenvalue weighted by atomic mass is 9.99. The van der Waals surface area contributed by atoms with Gasteiger partial charge in [-0.15, -0.1) is 0 Å². The molecule has 2 aliphatic heterocycles. The van der Waals surface area contributed by atoms with E-state index in [0.717, 1.165) is 12.8 Å². The summed E-state index contributed by atoms with van der Waals surface area (Å²) < 4.78 is 10.8. The summed E-state index contributed by atoms with van der Waals surface area (Å²) in [6.07, 6.45) is 2.00. The minimum absolute atomic E-state index is 0.0725. The van der Waals surface area contributed by atoms with Crippen LogP contribution < -0.4 is 9.47 Å². The van der Waals surface area contributed by atoms with Crippen LogP contribution >= 0.6 is 0 Å². The lowest BCUT2D eigenvalue weighted by Crippen LogP contribution is -2.39. The molecule has 22 heavy (non-hydrogen) atoms. The van der Waals surface area contributed by atoms with Crippen molar-refractivity contribution in [2.24, 2.45) is 5.92 Å². The van der Waals surface area contributed by atoms with Crippen molar-refractivity contribution in [3.63, 3.8) is 0 Å². The molecule has 3 rings (SSSR count). The molecule has 1 unspecified atom stereocenters. The molecule has 1 saturated heterocycles. The average molecular weight is 306 g/mol. The Labute approximate surface area is 128 Å². The van der Waals surface area contributed by atoms with Gasteiger partial charge in [-0.05, 0) is 18.8 Å². The fourth-order valence-electron chi connectivity index (χ4n) is 2.94. The molecule has 118 valence electrons. The number of ether oxygens (including phenoxy) is 2. The minimum atomic E-state index is -0.543. The van der Waals surface area contributed by atoms with Crippen molar-refractivity contribution >= 4 is 11.6 Å².